The minimum atomic E-state index is 0.549. The summed E-state index contributed by atoms with van der Waals surface area (Å²) < 4.78 is 0. The number of nitrogens with zero attached hydrogens (tertiary/aromatic N) is 1. The van der Waals surface area contributed by atoms with Crippen LogP contribution in [0.4, 0.5) is 0 Å². The molecule has 2 nitrogen and oxygen atoms in total. The van der Waals surface area contributed by atoms with Gasteiger partial charge in [-0.2, -0.15) is 5.10 Å². The molecule has 20 heavy (non-hydrogen) atoms. The van der Waals surface area contributed by atoms with Crippen molar-refractivity contribution in [2.24, 2.45) is 5.92 Å². The van der Waals surface area contributed by atoms with Gasteiger partial charge < -0.3 is 0 Å². The normalized spacial score (nSPS) is 24.5. The number of halogens is 1. The maximum Gasteiger partial charge on any atom is 0.111 e. The van der Waals surface area contributed by atoms with Crippen LogP contribution in [0.1, 0.15) is 70.2 Å². The number of nitrogens with one attached hydrogen (secondary N) is 1. The number of aromatic amines is 1. The summed E-state index contributed by atoms with van der Waals surface area (Å²) in [7, 11) is 0. The van der Waals surface area contributed by atoms with Crippen molar-refractivity contribution in [1.29, 1.82) is 0 Å². The van der Waals surface area contributed by atoms with E-state index in [-0.39, 0.29) is 0 Å². The largest absolute Gasteiger partial charge is 0.280 e. The Morgan fingerprint density at radius 1 is 1.35 bits per heavy atom. The van der Waals surface area contributed by atoms with Crippen molar-refractivity contribution in [1.82, 2.24) is 10.2 Å². The van der Waals surface area contributed by atoms with Crippen LogP contribution < -0.4 is 0 Å². The fourth-order valence-corrected chi connectivity index (χ4v) is 3.34. The summed E-state index contributed by atoms with van der Waals surface area (Å²) in [5.41, 5.74) is 3.16. The quantitative estimate of drug-likeness (QED) is 0.706. The van der Waals surface area contributed by atoms with Crippen molar-refractivity contribution in [3.05, 3.63) is 34.6 Å². The second kappa shape index (κ2) is 7.12. The molecule has 0 unspecified atom stereocenters. The number of H-pyrrole nitrogens is 1. The number of rotatable bonds is 4. The van der Waals surface area contributed by atoms with Gasteiger partial charge >= 0.3 is 0 Å². The minimum Gasteiger partial charge on any atom is -0.280 e. The van der Waals surface area contributed by atoms with E-state index in [1.165, 1.54) is 25.7 Å². The average Bonchev–Trinajstić information content (AvgIpc) is 2.81. The van der Waals surface area contributed by atoms with Gasteiger partial charge in [0.15, 0.2) is 0 Å². The molecule has 0 amide bonds. The van der Waals surface area contributed by atoms with E-state index in [2.05, 4.69) is 36.2 Å². The molecular formula is C17H25ClN2. The van der Waals surface area contributed by atoms with E-state index in [0.29, 0.717) is 5.92 Å². The fourth-order valence-electron chi connectivity index (χ4n) is 3.00. The van der Waals surface area contributed by atoms with Crippen molar-refractivity contribution < 1.29 is 0 Å². The van der Waals surface area contributed by atoms with Crippen LogP contribution in [0.2, 0.25) is 5.02 Å². The first-order valence-electron chi connectivity index (χ1n) is 7.74. The van der Waals surface area contributed by atoms with Gasteiger partial charge in [0, 0.05) is 5.92 Å². The SMILES string of the molecule is C/C=C\C(=C/CC)c1n[nH]c(C2CCC(C)CC2)c1Cl. The van der Waals surface area contributed by atoms with Crippen LogP contribution in [-0.4, -0.2) is 10.2 Å². The highest BCUT2D eigenvalue weighted by molar-refractivity contribution is 6.33. The molecule has 1 aromatic rings. The molecule has 1 fully saturated rings. The van der Waals surface area contributed by atoms with Crippen LogP contribution in [0.25, 0.3) is 5.57 Å². The molecule has 1 N–H and O–H groups in total. The zero-order valence-electron chi connectivity index (χ0n) is 12.7. The molecule has 1 heterocycles. The van der Waals surface area contributed by atoms with Crippen molar-refractivity contribution in [3.63, 3.8) is 0 Å². The Morgan fingerprint density at radius 3 is 2.65 bits per heavy atom. The standard InChI is InChI=1S/C17H25ClN2/c1-4-6-13(7-5-2)16-15(18)17(20-19-16)14-10-8-12(3)9-11-14/h4,6-7,12,14H,5,8-11H2,1-3H3,(H,19,20)/b6-4-,13-7+. The number of aromatic nitrogens is 2. The van der Waals surface area contributed by atoms with Gasteiger partial charge in [-0.15, -0.1) is 0 Å². The van der Waals surface area contributed by atoms with Crippen molar-refractivity contribution in [2.45, 2.75) is 58.8 Å². The van der Waals surface area contributed by atoms with Gasteiger partial charge in [0.1, 0.15) is 5.69 Å². The molecule has 0 spiro atoms. The zero-order chi connectivity index (χ0) is 14.5. The summed E-state index contributed by atoms with van der Waals surface area (Å²) in [4.78, 5) is 0. The lowest BCUT2D eigenvalue weighted by Gasteiger charge is -2.25. The van der Waals surface area contributed by atoms with E-state index >= 15 is 0 Å². The monoisotopic (exact) mass is 292 g/mol. The van der Waals surface area contributed by atoms with Gasteiger partial charge in [0.05, 0.1) is 10.7 Å². The molecule has 3 heteroatoms. The first-order chi connectivity index (χ1) is 9.67. The third kappa shape index (κ3) is 3.35. The van der Waals surface area contributed by atoms with Gasteiger partial charge in [0.25, 0.3) is 0 Å². The predicted octanol–water partition coefficient (Wildman–Crippen LogP) is 5.73. The third-order valence-electron chi connectivity index (χ3n) is 4.20. The van der Waals surface area contributed by atoms with E-state index in [9.17, 15) is 0 Å². The van der Waals surface area contributed by atoms with Crippen LogP contribution in [0.3, 0.4) is 0 Å². The molecule has 0 saturated heterocycles. The highest BCUT2D eigenvalue weighted by atomic mass is 35.5. The third-order valence-corrected chi connectivity index (χ3v) is 4.58. The Bertz CT molecular complexity index is 491. The topological polar surface area (TPSA) is 28.7 Å². The minimum absolute atomic E-state index is 0.549. The second-order valence-electron chi connectivity index (χ2n) is 5.82. The smallest absolute Gasteiger partial charge is 0.111 e. The van der Waals surface area contributed by atoms with Crippen LogP contribution >= 0.6 is 11.6 Å². The number of allylic oxidation sites excluding steroid dienone is 4. The first-order valence-corrected chi connectivity index (χ1v) is 8.12. The Kier molecular flexibility index (Phi) is 5.47. The summed E-state index contributed by atoms with van der Waals surface area (Å²) in [6, 6.07) is 0. The lowest BCUT2D eigenvalue weighted by Crippen LogP contribution is -2.11. The van der Waals surface area contributed by atoms with E-state index in [1.54, 1.807) is 0 Å². The number of hydrogen-bond donors (Lipinski definition) is 1. The van der Waals surface area contributed by atoms with Crippen LogP contribution in [-0.2, 0) is 0 Å². The molecule has 1 aromatic heterocycles. The molecule has 1 aliphatic rings. The van der Waals surface area contributed by atoms with Crippen molar-refractivity contribution >= 4 is 17.2 Å². The highest BCUT2D eigenvalue weighted by Gasteiger charge is 2.25. The van der Waals surface area contributed by atoms with Gasteiger partial charge in [0.2, 0.25) is 0 Å². The van der Waals surface area contributed by atoms with Crippen LogP contribution in [0.5, 0.6) is 0 Å². The lowest BCUT2D eigenvalue weighted by molar-refractivity contribution is 0.344. The fraction of sp³-hybridized carbons (Fsp3) is 0.588. The van der Waals surface area contributed by atoms with Crippen LogP contribution in [0, 0.1) is 5.92 Å². The molecule has 0 radical (unpaired) electrons. The maximum absolute atomic E-state index is 6.59. The molecular weight excluding hydrogens is 268 g/mol. The molecule has 0 aromatic carbocycles. The Balaban J connectivity index is 2.24. The maximum atomic E-state index is 6.59. The Morgan fingerprint density at radius 2 is 2.05 bits per heavy atom. The van der Waals surface area contributed by atoms with E-state index in [1.807, 2.05) is 13.0 Å². The van der Waals surface area contributed by atoms with E-state index < -0.39 is 0 Å². The highest BCUT2D eigenvalue weighted by Crippen LogP contribution is 2.39. The Hall–Kier alpha value is -1.02. The summed E-state index contributed by atoms with van der Waals surface area (Å²) in [6.07, 6.45) is 12.3. The molecule has 110 valence electrons. The van der Waals surface area contributed by atoms with Crippen molar-refractivity contribution in [3.8, 4) is 0 Å². The molecule has 1 saturated carbocycles. The summed E-state index contributed by atoms with van der Waals surface area (Å²) >= 11 is 6.59. The van der Waals surface area contributed by atoms with Gasteiger partial charge in [-0.25, -0.2) is 0 Å². The first kappa shape index (κ1) is 15.4. The molecule has 2 rings (SSSR count). The molecule has 0 atom stereocenters. The summed E-state index contributed by atoms with van der Waals surface area (Å²) in [5.74, 6) is 1.40. The Labute approximate surface area is 127 Å². The molecule has 0 aliphatic heterocycles. The summed E-state index contributed by atoms with van der Waals surface area (Å²) in [6.45, 7) is 6.49. The number of hydrogen-bond acceptors (Lipinski definition) is 1. The van der Waals surface area contributed by atoms with Gasteiger partial charge in [-0.3, -0.25) is 5.10 Å². The molecule has 0 bridgehead atoms. The van der Waals surface area contributed by atoms with Crippen LogP contribution in [0.15, 0.2) is 18.2 Å². The predicted molar refractivity (Wildman–Crippen MR) is 87.1 cm³/mol. The van der Waals surface area contributed by atoms with Gasteiger partial charge in [-0.05, 0) is 37.7 Å². The van der Waals surface area contributed by atoms with E-state index in [4.69, 9.17) is 11.6 Å². The average molecular weight is 293 g/mol. The zero-order valence-corrected chi connectivity index (χ0v) is 13.5. The van der Waals surface area contributed by atoms with Crippen molar-refractivity contribution in [2.75, 3.05) is 0 Å². The van der Waals surface area contributed by atoms with E-state index in [0.717, 1.165) is 34.3 Å². The lowest BCUT2D eigenvalue weighted by atomic mass is 9.81. The molecule has 1 aliphatic carbocycles. The second-order valence-corrected chi connectivity index (χ2v) is 6.20. The van der Waals surface area contributed by atoms with Gasteiger partial charge in [-0.1, -0.05) is 56.5 Å². The summed E-state index contributed by atoms with van der Waals surface area (Å²) in [5, 5.41) is 8.49.